The second kappa shape index (κ2) is 11.0. The van der Waals surface area contributed by atoms with Crippen LogP contribution >= 0.6 is 8.69 Å². The molecule has 0 aliphatic carbocycles. The van der Waals surface area contributed by atoms with E-state index in [0.717, 1.165) is 0 Å². The van der Waals surface area contributed by atoms with Gasteiger partial charge in [-0.25, -0.2) is 9.59 Å². The third-order valence-corrected chi connectivity index (χ3v) is 0.805. The maximum atomic E-state index is 9.77. The first kappa shape index (κ1) is 19.5. The molecule has 0 fully saturated rings. The molecule has 0 aromatic rings. The van der Waals surface area contributed by atoms with Crippen molar-refractivity contribution in [2.75, 3.05) is 0 Å². The predicted molar refractivity (Wildman–Crippen MR) is 34.9 cm³/mol. The Morgan fingerprint density at radius 2 is 1.21 bits per heavy atom. The molecule has 0 heterocycles. The molecular formula is C4H6NaO8P. The quantitative estimate of drug-likeness (QED) is 0.279. The molecule has 4 N–H and O–H groups in total. The van der Waals surface area contributed by atoms with E-state index in [2.05, 4.69) is 0 Å². The number of aliphatic hydroxyl groups excluding tert-OH is 2. The van der Waals surface area contributed by atoms with Gasteiger partial charge in [-0.05, 0) is 0 Å². The summed E-state index contributed by atoms with van der Waals surface area (Å²) in [5.41, 5.74) is 0. The molecule has 0 radical (unpaired) electrons. The van der Waals surface area contributed by atoms with Crippen molar-refractivity contribution in [3.63, 3.8) is 0 Å². The Morgan fingerprint density at radius 3 is 1.29 bits per heavy atom. The summed E-state index contributed by atoms with van der Waals surface area (Å²) in [7, 11) is -1.08. The Balaban J connectivity index is -0.000000267. The Labute approximate surface area is 102 Å². The molecule has 0 aromatic carbocycles. The summed E-state index contributed by atoms with van der Waals surface area (Å²) in [5, 5.41) is 32.5. The third kappa shape index (κ3) is 10.0. The van der Waals surface area contributed by atoms with Gasteiger partial charge >= 0.3 is 41.5 Å². The largest absolute Gasteiger partial charge is 1.00 e. The molecule has 0 spiro atoms. The minimum atomic E-state index is -2.27. The molecule has 10 heteroatoms. The first-order valence-electron chi connectivity index (χ1n) is 2.65. The summed E-state index contributed by atoms with van der Waals surface area (Å²) in [6.45, 7) is 0. The van der Waals surface area contributed by atoms with Crippen molar-refractivity contribution in [2.24, 2.45) is 0 Å². The second-order valence-electron chi connectivity index (χ2n) is 1.64. The van der Waals surface area contributed by atoms with E-state index in [9.17, 15) is 9.59 Å². The monoisotopic (exact) mass is 236 g/mol. The average Bonchev–Trinajstić information content (AvgIpc) is 2.03. The van der Waals surface area contributed by atoms with Crippen LogP contribution in [-0.4, -0.2) is 44.6 Å². The zero-order valence-corrected chi connectivity index (χ0v) is 9.92. The van der Waals surface area contributed by atoms with Gasteiger partial charge in [-0.3, -0.25) is 4.57 Å². The number of aliphatic hydroxyl groups is 2. The van der Waals surface area contributed by atoms with E-state index in [0.29, 0.717) is 0 Å². The fourth-order valence-corrected chi connectivity index (χ4v) is 0.270. The molecule has 0 bridgehead atoms. The molecule has 2 atom stereocenters. The van der Waals surface area contributed by atoms with Gasteiger partial charge in [0.2, 0.25) is 0 Å². The average molecular weight is 236 g/mol. The summed E-state index contributed by atoms with van der Waals surface area (Å²) >= 11 is 0. The van der Waals surface area contributed by atoms with Gasteiger partial charge in [0.1, 0.15) is 0 Å². The van der Waals surface area contributed by atoms with Crippen LogP contribution in [0.15, 0.2) is 0 Å². The minimum Gasteiger partial charge on any atom is -0.772 e. The van der Waals surface area contributed by atoms with Crippen molar-refractivity contribution in [1.82, 2.24) is 0 Å². The van der Waals surface area contributed by atoms with E-state index >= 15 is 0 Å². The number of hydrogen-bond donors (Lipinski definition) is 4. The maximum absolute atomic E-state index is 9.77. The van der Waals surface area contributed by atoms with Gasteiger partial charge in [0.05, 0.1) is 8.69 Å². The first-order valence-corrected chi connectivity index (χ1v) is 3.38. The molecule has 0 saturated heterocycles. The molecular weight excluding hydrogens is 230 g/mol. The topological polar surface area (TPSA) is 155 Å². The fourth-order valence-electron chi connectivity index (χ4n) is 0.270. The molecule has 0 aromatic heterocycles. The van der Waals surface area contributed by atoms with Crippen LogP contribution < -0.4 is 34.5 Å². The van der Waals surface area contributed by atoms with Crippen LogP contribution in [0.4, 0.5) is 0 Å². The van der Waals surface area contributed by atoms with Crippen molar-refractivity contribution in [2.45, 2.75) is 12.2 Å². The van der Waals surface area contributed by atoms with Gasteiger partial charge < -0.3 is 25.3 Å². The number of hydrogen-bond acceptors (Lipinski definition) is 6. The molecule has 76 valence electrons. The molecule has 0 aliphatic heterocycles. The van der Waals surface area contributed by atoms with Crippen LogP contribution in [0.5, 0.6) is 0 Å². The van der Waals surface area contributed by atoms with Gasteiger partial charge in [0.15, 0.2) is 12.2 Å². The van der Waals surface area contributed by atoms with Gasteiger partial charge in [0.25, 0.3) is 0 Å². The van der Waals surface area contributed by atoms with E-state index < -0.39 is 32.8 Å². The number of carboxylic acids is 2. The smallest absolute Gasteiger partial charge is 0.772 e. The Morgan fingerprint density at radius 1 is 1.07 bits per heavy atom. The van der Waals surface area contributed by atoms with E-state index in [4.69, 9.17) is 29.9 Å². The second-order valence-corrected chi connectivity index (χ2v) is 1.79. The van der Waals surface area contributed by atoms with Crippen molar-refractivity contribution in [3.05, 3.63) is 0 Å². The van der Waals surface area contributed by atoms with Gasteiger partial charge in [-0.2, -0.15) is 0 Å². The Bertz CT molecular complexity index is 178. The van der Waals surface area contributed by atoms with Gasteiger partial charge in [0, 0.05) is 0 Å². The Kier molecular flexibility index (Phi) is 15.3. The molecule has 0 amide bonds. The standard InChI is InChI=1S/C4H6O6.Na.HO2P/c5-1(3(7)8)2(6)4(9)10;;1-3-2/h1-2,5-6H,(H,7,8)(H,9,10);;(H,1,2)/q;+1;/p-1. The number of carbonyl (C=O) groups is 2. The van der Waals surface area contributed by atoms with Crippen LogP contribution in [0.2, 0.25) is 0 Å². The van der Waals surface area contributed by atoms with E-state index in [1.807, 2.05) is 0 Å². The van der Waals surface area contributed by atoms with Crippen LogP contribution in [0.1, 0.15) is 0 Å². The van der Waals surface area contributed by atoms with Crippen LogP contribution in [0, 0.1) is 0 Å². The minimum absolute atomic E-state index is 0. The molecule has 0 rings (SSSR count). The zero-order chi connectivity index (χ0) is 11.0. The molecule has 0 aliphatic rings. The Hall–Kier alpha value is -0.0800. The molecule has 0 saturated carbocycles. The first-order chi connectivity index (χ1) is 5.88. The molecule has 2 unspecified atom stereocenters. The van der Waals surface area contributed by atoms with Crippen molar-refractivity contribution < 1.29 is 69.0 Å². The number of aliphatic carboxylic acids is 2. The summed E-state index contributed by atoms with van der Waals surface area (Å²) in [6.07, 6.45) is -4.53. The van der Waals surface area contributed by atoms with Crippen molar-refractivity contribution >= 4 is 20.6 Å². The zero-order valence-electron chi connectivity index (χ0n) is 7.02. The van der Waals surface area contributed by atoms with E-state index in [-0.39, 0.29) is 29.6 Å². The number of carboxylic acid groups (broad SMARTS) is 2. The van der Waals surface area contributed by atoms with Crippen molar-refractivity contribution in [3.8, 4) is 0 Å². The molecule has 8 nitrogen and oxygen atoms in total. The van der Waals surface area contributed by atoms with E-state index in [1.54, 1.807) is 0 Å². The third-order valence-electron chi connectivity index (χ3n) is 0.805. The summed E-state index contributed by atoms with van der Waals surface area (Å²) in [4.78, 5) is 27.9. The summed E-state index contributed by atoms with van der Waals surface area (Å²) in [6, 6.07) is 0. The van der Waals surface area contributed by atoms with Crippen LogP contribution in [-0.2, 0) is 14.2 Å². The predicted octanol–water partition coefficient (Wildman–Crippen LogP) is -5.57. The van der Waals surface area contributed by atoms with Crippen molar-refractivity contribution in [1.29, 1.82) is 0 Å². The number of rotatable bonds is 3. The normalized spacial score (nSPS) is 12.8. The SMILES string of the molecule is O=C(O)C(O)C(O)C(=O)O.O=P[O-].[Na+]. The van der Waals surface area contributed by atoms with Crippen LogP contribution in [0.25, 0.3) is 0 Å². The van der Waals surface area contributed by atoms with Gasteiger partial charge in [-0.15, -0.1) is 0 Å². The van der Waals surface area contributed by atoms with Gasteiger partial charge in [-0.1, -0.05) is 0 Å². The van der Waals surface area contributed by atoms with Crippen LogP contribution in [0.3, 0.4) is 0 Å². The molecule has 14 heavy (non-hydrogen) atoms. The fraction of sp³-hybridized carbons (Fsp3) is 0.500. The summed E-state index contributed by atoms with van der Waals surface area (Å²) < 4.78 is 8.35. The van der Waals surface area contributed by atoms with E-state index in [1.165, 1.54) is 0 Å². The summed E-state index contributed by atoms with van der Waals surface area (Å²) in [5.74, 6) is -3.54. The maximum Gasteiger partial charge on any atom is 1.00 e.